The average molecular weight is 256 g/mol. The lowest BCUT2D eigenvalue weighted by atomic mass is 10.2. The lowest BCUT2D eigenvalue weighted by Crippen LogP contribution is -2.26. The van der Waals surface area contributed by atoms with Crippen molar-refractivity contribution in [2.45, 2.75) is 32.7 Å². The molecule has 1 heterocycles. The van der Waals surface area contributed by atoms with Crippen molar-refractivity contribution in [3.63, 3.8) is 0 Å². The SMILES string of the molecule is CCCC(COC)Nc1c([N+](=O)[O-])nc(C)n1C. The highest BCUT2D eigenvalue weighted by molar-refractivity contribution is 5.54. The van der Waals surface area contributed by atoms with Gasteiger partial charge in [0, 0.05) is 21.1 Å². The number of anilines is 1. The summed E-state index contributed by atoms with van der Waals surface area (Å²) in [6, 6.07) is 0.0495. The second-order valence-corrected chi connectivity index (χ2v) is 4.23. The highest BCUT2D eigenvalue weighted by Crippen LogP contribution is 2.25. The summed E-state index contributed by atoms with van der Waals surface area (Å²) in [5.74, 6) is 0.914. The highest BCUT2D eigenvalue weighted by atomic mass is 16.6. The summed E-state index contributed by atoms with van der Waals surface area (Å²) < 4.78 is 6.80. The van der Waals surface area contributed by atoms with Crippen LogP contribution in [0.4, 0.5) is 11.6 Å². The van der Waals surface area contributed by atoms with E-state index in [9.17, 15) is 10.1 Å². The van der Waals surface area contributed by atoms with E-state index in [1.165, 1.54) is 0 Å². The normalized spacial score (nSPS) is 12.4. The smallest absolute Gasteiger partial charge is 0.383 e. The zero-order valence-corrected chi connectivity index (χ0v) is 11.3. The van der Waals surface area contributed by atoms with Gasteiger partial charge in [-0.15, -0.1) is 0 Å². The number of nitrogens with zero attached hydrogens (tertiary/aromatic N) is 3. The van der Waals surface area contributed by atoms with Crippen molar-refractivity contribution in [2.75, 3.05) is 19.0 Å². The Morgan fingerprint density at radius 1 is 1.61 bits per heavy atom. The Bertz CT molecular complexity index is 411. The predicted octanol–water partition coefficient (Wildman–Crippen LogP) is 1.86. The Balaban J connectivity index is 2.96. The number of nitro groups is 1. The molecule has 7 heteroatoms. The van der Waals surface area contributed by atoms with Gasteiger partial charge in [-0.3, -0.25) is 4.57 Å². The molecule has 7 nitrogen and oxygen atoms in total. The summed E-state index contributed by atoms with van der Waals surface area (Å²) in [7, 11) is 3.38. The van der Waals surface area contributed by atoms with Crippen LogP contribution in [0.15, 0.2) is 0 Å². The fraction of sp³-hybridized carbons (Fsp3) is 0.727. The van der Waals surface area contributed by atoms with Gasteiger partial charge in [-0.1, -0.05) is 13.3 Å². The molecule has 1 rings (SSSR count). The van der Waals surface area contributed by atoms with Gasteiger partial charge in [0.2, 0.25) is 11.6 Å². The molecule has 0 radical (unpaired) electrons. The van der Waals surface area contributed by atoms with E-state index in [1.54, 1.807) is 25.6 Å². The quantitative estimate of drug-likeness (QED) is 0.594. The zero-order chi connectivity index (χ0) is 13.7. The summed E-state index contributed by atoms with van der Waals surface area (Å²) in [5.41, 5.74) is 0. The first-order valence-electron chi connectivity index (χ1n) is 5.94. The van der Waals surface area contributed by atoms with Gasteiger partial charge in [-0.05, 0) is 16.3 Å². The van der Waals surface area contributed by atoms with Crippen LogP contribution in [0, 0.1) is 17.0 Å². The van der Waals surface area contributed by atoms with Crippen LogP contribution in [0.5, 0.6) is 0 Å². The van der Waals surface area contributed by atoms with Gasteiger partial charge in [0.15, 0.2) is 0 Å². The van der Waals surface area contributed by atoms with Gasteiger partial charge in [0.1, 0.15) is 0 Å². The van der Waals surface area contributed by atoms with Crippen molar-refractivity contribution in [3.8, 4) is 0 Å². The average Bonchev–Trinajstić information content (AvgIpc) is 2.58. The Hall–Kier alpha value is -1.63. The minimum Gasteiger partial charge on any atom is -0.383 e. The van der Waals surface area contributed by atoms with Crippen LogP contribution in [0.3, 0.4) is 0 Å². The molecule has 0 saturated carbocycles. The molecule has 0 aliphatic rings. The van der Waals surface area contributed by atoms with Crippen LogP contribution in [0.1, 0.15) is 25.6 Å². The number of nitrogens with one attached hydrogen (secondary N) is 1. The molecule has 1 unspecified atom stereocenters. The number of aromatic nitrogens is 2. The number of hydrogen-bond acceptors (Lipinski definition) is 5. The monoisotopic (exact) mass is 256 g/mol. The van der Waals surface area contributed by atoms with Crippen LogP contribution in [-0.4, -0.2) is 34.2 Å². The van der Waals surface area contributed by atoms with Gasteiger partial charge in [-0.25, -0.2) is 0 Å². The maximum absolute atomic E-state index is 10.9. The maximum Gasteiger partial charge on any atom is 0.406 e. The number of imidazole rings is 1. The molecule has 0 aliphatic heterocycles. The third-order valence-corrected chi connectivity index (χ3v) is 2.82. The van der Waals surface area contributed by atoms with Crippen molar-refractivity contribution in [1.29, 1.82) is 0 Å². The minimum atomic E-state index is -0.467. The van der Waals surface area contributed by atoms with Crippen LogP contribution in [0.2, 0.25) is 0 Å². The van der Waals surface area contributed by atoms with Gasteiger partial charge < -0.3 is 20.2 Å². The van der Waals surface area contributed by atoms with Crippen LogP contribution >= 0.6 is 0 Å². The lowest BCUT2D eigenvalue weighted by Gasteiger charge is -2.17. The van der Waals surface area contributed by atoms with E-state index >= 15 is 0 Å². The van der Waals surface area contributed by atoms with E-state index in [1.807, 2.05) is 0 Å². The summed E-state index contributed by atoms with van der Waals surface area (Å²) in [6.07, 6.45) is 1.86. The van der Waals surface area contributed by atoms with Gasteiger partial charge >= 0.3 is 5.82 Å². The Morgan fingerprint density at radius 2 is 2.28 bits per heavy atom. The first kappa shape index (κ1) is 14.4. The topological polar surface area (TPSA) is 82.2 Å². The second kappa shape index (κ2) is 6.34. The molecular weight excluding hydrogens is 236 g/mol. The molecule has 102 valence electrons. The second-order valence-electron chi connectivity index (χ2n) is 4.23. The third kappa shape index (κ3) is 3.19. The molecule has 0 amide bonds. The van der Waals surface area contributed by atoms with Crippen molar-refractivity contribution in [2.24, 2.45) is 7.05 Å². The van der Waals surface area contributed by atoms with Crippen molar-refractivity contribution in [1.82, 2.24) is 9.55 Å². The Morgan fingerprint density at radius 3 is 2.78 bits per heavy atom. The van der Waals surface area contributed by atoms with Gasteiger partial charge in [0.05, 0.1) is 12.6 Å². The fourth-order valence-corrected chi connectivity index (χ4v) is 1.82. The van der Waals surface area contributed by atoms with Crippen molar-refractivity contribution >= 4 is 11.6 Å². The summed E-state index contributed by atoms with van der Waals surface area (Å²) in [4.78, 5) is 14.4. The van der Waals surface area contributed by atoms with Gasteiger partial charge in [0.25, 0.3) is 0 Å². The standard InChI is InChI=1S/C11H20N4O3/c1-5-6-9(7-18-4)13-10-11(15(16)17)12-8(2)14(10)3/h9,13H,5-7H2,1-4H3. The van der Waals surface area contributed by atoms with Crippen molar-refractivity contribution in [3.05, 3.63) is 15.9 Å². The molecule has 1 atom stereocenters. The van der Waals surface area contributed by atoms with Crippen LogP contribution < -0.4 is 5.32 Å². The zero-order valence-electron chi connectivity index (χ0n) is 11.3. The summed E-state index contributed by atoms with van der Waals surface area (Å²) in [6.45, 7) is 4.31. The molecule has 1 N–H and O–H groups in total. The number of aryl methyl sites for hydroxylation is 1. The minimum absolute atomic E-state index is 0.0495. The number of ether oxygens (including phenoxy) is 1. The molecular formula is C11H20N4O3. The molecule has 0 fully saturated rings. The summed E-state index contributed by atoms with van der Waals surface area (Å²) >= 11 is 0. The summed E-state index contributed by atoms with van der Waals surface area (Å²) in [5, 5.41) is 14.1. The Labute approximate surface area is 106 Å². The van der Waals surface area contributed by atoms with Gasteiger partial charge in [-0.2, -0.15) is 0 Å². The molecule has 0 spiro atoms. The lowest BCUT2D eigenvalue weighted by molar-refractivity contribution is -0.388. The van der Waals surface area contributed by atoms with E-state index in [0.717, 1.165) is 12.8 Å². The van der Waals surface area contributed by atoms with E-state index in [0.29, 0.717) is 18.2 Å². The van der Waals surface area contributed by atoms with E-state index < -0.39 is 4.92 Å². The van der Waals surface area contributed by atoms with Crippen LogP contribution in [0.25, 0.3) is 0 Å². The Kier molecular flexibility index (Phi) is 5.08. The maximum atomic E-state index is 10.9. The molecule has 0 aliphatic carbocycles. The van der Waals surface area contributed by atoms with Crippen molar-refractivity contribution < 1.29 is 9.66 Å². The first-order chi connectivity index (χ1) is 8.51. The number of methoxy groups -OCH3 is 1. The third-order valence-electron chi connectivity index (χ3n) is 2.82. The number of rotatable bonds is 7. The molecule has 0 bridgehead atoms. The molecule has 1 aromatic rings. The number of hydrogen-bond donors (Lipinski definition) is 1. The van der Waals surface area contributed by atoms with Crippen LogP contribution in [-0.2, 0) is 11.8 Å². The largest absolute Gasteiger partial charge is 0.406 e. The van der Waals surface area contributed by atoms with E-state index in [2.05, 4.69) is 17.2 Å². The first-order valence-corrected chi connectivity index (χ1v) is 5.94. The molecule has 18 heavy (non-hydrogen) atoms. The van der Waals surface area contributed by atoms with E-state index in [4.69, 9.17) is 4.74 Å². The highest BCUT2D eigenvalue weighted by Gasteiger charge is 2.25. The molecule has 1 aromatic heterocycles. The predicted molar refractivity (Wildman–Crippen MR) is 68.8 cm³/mol. The fourth-order valence-electron chi connectivity index (χ4n) is 1.82. The molecule has 0 aromatic carbocycles. The molecule has 0 saturated heterocycles. The van der Waals surface area contributed by atoms with E-state index in [-0.39, 0.29) is 11.9 Å².